The van der Waals surface area contributed by atoms with E-state index in [0.717, 1.165) is 43.1 Å². The van der Waals surface area contributed by atoms with Crippen LogP contribution in [0.5, 0.6) is 0 Å². The van der Waals surface area contributed by atoms with Gasteiger partial charge in [0.1, 0.15) is 12.7 Å². The Morgan fingerprint density at radius 2 is 2.08 bits per heavy atom. The molecule has 0 amide bonds. The average molecular weight is 468 g/mol. The Morgan fingerprint density at radius 3 is 2.69 bits per heavy atom. The summed E-state index contributed by atoms with van der Waals surface area (Å²) in [4.78, 5) is 10.8. The van der Waals surface area contributed by atoms with E-state index in [-0.39, 0.29) is 24.0 Å². The van der Waals surface area contributed by atoms with Crippen LogP contribution in [0.4, 0.5) is 0 Å². The summed E-state index contributed by atoms with van der Waals surface area (Å²) in [6.07, 6.45) is 5.82. The second-order valence-electron chi connectivity index (χ2n) is 7.14. The smallest absolute Gasteiger partial charge is 0.193 e. The minimum absolute atomic E-state index is 0. The number of hydrogen-bond donors (Lipinski definition) is 1. The molecule has 1 aliphatic heterocycles. The molecule has 2 aromatic rings. The first-order chi connectivity index (χ1) is 12.2. The van der Waals surface area contributed by atoms with Crippen molar-refractivity contribution in [3.8, 4) is 5.69 Å². The van der Waals surface area contributed by atoms with Gasteiger partial charge in [-0.15, -0.1) is 24.0 Å². The van der Waals surface area contributed by atoms with Gasteiger partial charge >= 0.3 is 0 Å². The highest BCUT2D eigenvalue weighted by atomic mass is 127. The van der Waals surface area contributed by atoms with Crippen molar-refractivity contribution in [3.05, 3.63) is 42.5 Å². The van der Waals surface area contributed by atoms with E-state index in [1.165, 1.54) is 18.4 Å². The van der Waals surface area contributed by atoms with Gasteiger partial charge in [-0.2, -0.15) is 5.10 Å². The monoisotopic (exact) mass is 468 g/mol. The van der Waals surface area contributed by atoms with Gasteiger partial charge < -0.3 is 10.2 Å². The van der Waals surface area contributed by atoms with Crippen molar-refractivity contribution >= 4 is 29.9 Å². The van der Waals surface area contributed by atoms with Crippen LogP contribution < -0.4 is 5.32 Å². The van der Waals surface area contributed by atoms with Crippen molar-refractivity contribution in [2.24, 2.45) is 16.8 Å². The summed E-state index contributed by atoms with van der Waals surface area (Å²) in [5.74, 6) is 2.57. The third kappa shape index (κ3) is 5.43. The molecular formula is C19H29IN6. The van der Waals surface area contributed by atoms with Crippen molar-refractivity contribution in [1.82, 2.24) is 25.0 Å². The Hall–Kier alpha value is -1.64. The molecule has 0 saturated carbocycles. The highest BCUT2D eigenvalue weighted by Gasteiger charge is 2.25. The average Bonchev–Trinajstić information content (AvgIpc) is 3.28. The molecule has 2 heterocycles. The van der Waals surface area contributed by atoms with Crippen LogP contribution in [-0.4, -0.2) is 45.8 Å². The van der Waals surface area contributed by atoms with Crippen molar-refractivity contribution in [1.29, 1.82) is 0 Å². The molecule has 26 heavy (non-hydrogen) atoms. The van der Waals surface area contributed by atoms with Crippen LogP contribution in [0.3, 0.4) is 0 Å². The fraction of sp³-hybridized carbons (Fsp3) is 0.526. The van der Waals surface area contributed by atoms with Crippen LogP contribution in [0.15, 0.2) is 41.9 Å². The minimum atomic E-state index is 0. The van der Waals surface area contributed by atoms with Crippen LogP contribution in [0.1, 0.15) is 32.3 Å². The van der Waals surface area contributed by atoms with Crippen LogP contribution >= 0.6 is 24.0 Å². The predicted molar refractivity (Wildman–Crippen MR) is 116 cm³/mol. The first kappa shape index (κ1) is 20.7. The molecule has 1 aliphatic rings. The maximum Gasteiger partial charge on any atom is 0.193 e. The van der Waals surface area contributed by atoms with Gasteiger partial charge in [0.2, 0.25) is 0 Å². The Morgan fingerprint density at radius 1 is 1.31 bits per heavy atom. The number of nitrogens with zero attached hydrogens (tertiary/aromatic N) is 5. The lowest BCUT2D eigenvalue weighted by molar-refractivity contribution is 0.403. The largest absolute Gasteiger partial charge is 0.352 e. The SMILES string of the molecule is CN=C(NCc1ccc(-n2cncn2)cc1)N1CCC(CC(C)C)C1.I. The summed E-state index contributed by atoms with van der Waals surface area (Å²) in [6, 6.07) is 8.34. The number of nitrogens with one attached hydrogen (secondary N) is 1. The third-order valence-corrected chi connectivity index (χ3v) is 4.67. The molecule has 6 nitrogen and oxygen atoms in total. The lowest BCUT2D eigenvalue weighted by Gasteiger charge is -2.22. The van der Waals surface area contributed by atoms with Crippen LogP contribution in [0.25, 0.3) is 5.69 Å². The van der Waals surface area contributed by atoms with E-state index in [1.807, 2.05) is 7.05 Å². The Balaban J connectivity index is 0.00000243. The van der Waals surface area contributed by atoms with E-state index in [9.17, 15) is 0 Å². The fourth-order valence-electron chi connectivity index (χ4n) is 3.51. The maximum atomic E-state index is 4.47. The third-order valence-electron chi connectivity index (χ3n) is 4.67. The zero-order valence-corrected chi connectivity index (χ0v) is 18.1. The zero-order chi connectivity index (χ0) is 17.6. The van der Waals surface area contributed by atoms with Crippen LogP contribution in [0, 0.1) is 11.8 Å². The molecule has 0 bridgehead atoms. The molecule has 0 aliphatic carbocycles. The molecule has 0 radical (unpaired) electrons. The van der Waals surface area contributed by atoms with Gasteiger partial charge in [-0.25, -0.2) is 9.67 Å². The van der Waals surface area contributed by atoms with Gasteiger partial charge in [0.05, 0.1) is 5.69 Å². The Kier molecular flexibility index (Phi) is 7.86. The van der Waals surface area contributed by atoms with E-state index >= 15 is 0 Å². The van der Waals surface area contributed by atoms with Gasteiger partial charge in [-0.1, -0.05) is 26.0 Å². The van der Waals surface area contributed by atoms with E-state index in [4.69, 9.17) is 0 Å². The van der Waals surface area contributed by atoms with Crippen LogP contribution in [-0.2, 0) is 6.54 Å². The molecule has 1 aromatic heterocycles. The minimum Gasteiger partial charge on any atom is -0.352 e. The van der Waals surface area contributed by atoms with Gasteiger partial charge in [0.25, 0.3) is 0 Å². The van der Waals surface area contributed by atoms with Crippen molar-refractivity contribution < 1.29 is 0 Å². The van der Waals surface area contributed by atoms with E-state index < -0.39 is 0 Å². The number of rotatable bonds is 5. The summed E-state index contributed by atoms with van der Waals surface area (Å²) in [5.41, 5.74) is 2.24. The number of aromatic nitrogens is 3. The van der Waals surface area contributed by atoms with Gasteiger partial charge in [-0.05, 0) is 42.4 Å². The summed E-state index contributed by atoms with van der Waals surface area (Å²) in [6.45, 7) is 7.60. The molecule has 142 valence electrons. The molecular weight excluding hydrogens is 439 g/mol. The van der Waals surface area contributed by atoms with Gasteiger partial charge in [-0.3, -0.25) is 4.99 Å². The molecule has 0 spiro atoms. The van der Waals surface area contributed by atoms with Gasteiger partial charge in [0.15, 0.2) is 5.96 Å². The molecule has 1 fully saturated rings. The summed E-state index contributed by atoms with van der Waals surface area (Å²) in [7, 11) is 1.87. The molecule has 1 saturated heterocycles. The van der Waals surface area contributed by atoms with E-state index in [2.05, 4.69) is 63.4 Å². The lowest BCUT2D eigenvalue weighted by atomic mass is 9.97. The number of halogens is 1. The zero-order valence-electron chi connectivity index (χ0n) is 15.8. The van der Waals surface area contributed by atoms with E-state index in [1.54, 1.807) is 17.3 Å². The second kappa shape index (κ2) is 9.89. The molecule has 1 unspecified atom stereocenters. The first-order valence-electron chi connectivity index (χ1n) is 9.05. The molecule has 7 heteroatoms. The van der Waals surface area contributed by atoms with Crippen molar-refractivity contribution in [2.75, 3.05) is 20.1 Å². The number of likely N-dealkylation sites (tertiary alicyclic amines) is 1. The Labute approximate surface area is 173 Å². The second-order valence-corrected chi connectivity index (χ2v) is 7.14. The van der Waals surface area contributed by atoms with Gasteiger partial charge in [0, 0.05) is 26.7 Å². The topological polar surface area (TPSA) is 58.3 Å². The highest BCUT2D eigenvalue weighted by molar-refractivity contribution is 14.0. The number of benzene rings is 1. The summed E-state index contributed by atoms with van der Waals surface area (Å²) in [5, 5.41) is 7.64. The molecule has 1 aromatic carbocycles. The molecule has 1 atom stereocenters. The Bertz CT molecular complexity index is 681. The normalized spacial score (nSPS) is 17.5. The van der Waals surface area contributed by atoms with E-state index in [0.29, 0.717) is 0 Å². The quantitative estimate of drug-likeness (QED) is 0.416. The fourth-order valence-corrected chi connectivity index (χ4v) is 3.51. The van der Waals surface area contributed by atoms with Crippen LogP contribution in [0.2, 0.25) is 0 Å². The number of hydrogen-bond acceptors (Lipinski definition) is 3. The predicted octanol–water partition coefficient (Wildman–Crippen LogP) is 3.33. The number of aliphatic imine (C=N–C) groups is 1. The lowest BCUT2D eigenvalue weighted by Crippen LogP contribution is -2.39. The summed E-state index contributed by atoms with van der Waals surface area (Å²) < 4.78 is 1.76. The first-order valence-corrected chi connectivity index (χ1v) is 9.05. The maximum absolute atomic E-state index is 4.47. The standard InChI is InChI=1S/C19H28N6.HI/c1-15(2)10-17-8-9-24(12-17)19(20-3)22-11-16-4-6-18(7-5-16)25-14-21-13-23-25;/h4-7,13-15,17H,8-12H2,1-3H3,(H,20,22);1H. The highest BCUT2D eigenvalue weighted by Crippen LogP contribution is 2.23. The van der Waals surface area contributed by atoms with Crippen molar-refractivity contribution in [2.45, 2.75) is 33.2 Å². The number of guanidine groups is 1. The molecule has 3 rings (SSSR count). The molecule has 1 N–H and O–H groups in total. The summed E-state index contributed by atoms with van der Waals surface area (Å²) >= 11 is 0. The van der Waals surface area contributed by atoms with Crippen molar-refractivity contribution in [3.63, 3.8) is 0 Å².